The van der Waals surface area contributed by atoms with Gasteiger partial charge in [-0.15, -0.1) is 0 Å². The third kappa shape index (κ3) is 9.27. The number of aryl methyl sites for hydroxylation is 1. The van der Waals surface area contributed by atoms with Crippen LogP contribution in [0.1, 0.15) is 24.8 Å². The van der Waals surface area contributed by atoms with E-state index in [1.54, 1.807) is 23.1 Å². The van der Waals surface area contributed by atoms with E-state index < -0.39 is 31.7 Å². The van der Waals surface area contributed by atoms with Crippen molar-refractivity contribution in [2.75, 3.05) is 23.0 Å². The van der Waals surface area contributed by atoms with Crippen molar-refractivity contribution in [3.63, 3.8) is 0 Å². The number of anilines is 1. The SMILES string of the molecule is CC(C=Cc1sc2ccccc2[n+]1CCCS(=O)(=O)[O-])=CC=C1Sc2ccccc2N1CCCS(=O)(=O)[O-].[Na+]. The molecule has 0 saturated carbocycles. The molecule has 2 aromatic carbocycles. The number of aromatic nitrogens is 1. The second-order valence-electron chi connectivity index (χ2n) is 8.76. The summed E-state index contributed by atoms with van der Waals surface area (Å²) in [7, 11) is -8.53. The van der Waals surface area contributed by atoms with Crippen LogP contribution in [0.25, 0.3) is 16.3 Å². The van der Waals surface area contributed by atoms with Crippen LogP contribution in [0, 0.1) is 0 Å². The van der Waals surface area contributed by atoms with Gasteiger partial charge in [-0.05, 0) is 37.6 Å². The summed E-state index contributed by atoms with van der Waals surface area (Å²) in [6.45, 7) is 2.80. The van der Waals surface area contributed by atoms with Gasteiger partial charge in [-0.1, -0.05) is 65.1 Å². The molecule has 4 rings (SSSR count). The van der Waals surface area contributed by atoms with Gasteiger partial charge in [0.25, 0.3) is 5.01 Å². The molecule has 1 aliphatic heterocycles. The van der Waals surface area contributed by atoms with E-state index in [2.05, 4.69) is 0 Å². The zero-order valence-corrected chi connectivity index (χ0v) is 26.9. The first-order chi connectivity index (χ1) is 18.0. The van der Waals surface area contributed by atoms with Crippen LogP contribution in [-0.2, 0) is 26.8 Å². The summed E-state index contributed by atoms with van der Waals surface area (Å²) in [4.78, 5) is 3.10. The first-order valence-corrected chi connectivity index (χ1v) is 16.7. The zero-order valence-electron chi connectivity index (χ0n) is 21.6. The average molecular weight is 615 g/mol. The smallest absolute Gasteiger partial charge is 0.748 e. The van der Waals surface area contributed by atoms with Crippen LogP contribution in [0.4, 0.5) is 5.69 Å². The number of rotatable bonds is 11. The summed E-state index contributed by atoms with van der Waals surface area (Å²) in [5.41, 5.74) is 2.95. The normalized spacial score (nSPS) is 15.3. The Bertz CT molecular complexity index is 1630. The molecule has 13 heteroatoms. The Hall–Kier alpha value is -1.48. The third-order valence-corrected chi connectivity index (χ3v) is 9.64. The molecule has 0 radical (unpaired) electrons. The molecule has 0 amide bonds. The van der Waals surface area contributed by atoms with Crippen LogP contribution < -0.4 is 39.0 Å². The van der Waals surface area contributed by atoms with E-state index in [1.165, 1.54) is 0 Å². The van der Waals surface area contributed by atoms with Crippen LogP contribution >= 0.6 is 23.1 Å². The molecule has 0 spiro atoms. The fourth-order valence-electron chi connectivity index (χ4n) is 4.08. The van der Waals surface area contributed by atoms with Gasteiger partial charge < -0.3 is 14.0 Å². The Morgan fingerprint density at radius 2 is 1.64 bits per heavy atom. The number of benzene rings is 2. The van der Waals surface area contributed by atoms with Crippen LogP contribution in [0.2, 0.25) is 0 Å². The van der Waals surface area contributed by atoms with Crippen molar-refractivity contribution < 1.29 is 60.1 Å². The molecular weight excluding hydrogens is 588 g/mol. The fourth-order valence-corrected chi connectivity index (χ4v) is 7.22. The van der Waals surface area contributed by atoms with Gasteiger partial charge >= 0.3 is 29.6 Å². The zero-order chi connectivity index (χ0) is 27.3. The molecule has 39 heavy (non-hydrogen) atoms. The maximum atomic E-state index is 11.1. The number of thioether (sulfide) groups is 1. The molecule has 0 bridgehead atoms. The van der Waals surface area contributed by atoms with E-state index >= 15 is 0 Å². The van der Waals surface area contributed by atoms with E-state index in [1.807, 2.05) is 89.2 Å². The number of para-hydroxylation sites is 2. The number of fused-ring (bicyclic) bond motifs is 2. The van der Waals surface area contributed by atoms with E-state index in [9.17, 15) is 25.9 Å². The molecular formula is C26H27N2NaO6S4. The van der Waals surface area contributed by atoms with Gasteiger partial charge in [-0.2, -0.15) is 4.57 Å². The van der Waals surface area contributed by atoms with Gasteiger partial charge in [-0.3, -0.25) is 0 Å². The topological polar surface area (TPSA) is 122 Å². The molecule has 0 unspecified atom stereocenters. The largest absolute Gasteiger partial charge is 1.00 e. The van der Waals surface area contributed by atoms with Gasteiger partial charge in [0.2, 0.25) is 5.52 Å². The molecule has 0 aliphatic carbocycles. The van der Waals surface area contributed by atoms with Crippen molar-refractivity contribution >= 4 is 65.3 Å². The molecule has 2 heterocycles. The van der Waals surface area contributed by atoms with Crippen molar-refractivity contribution in [3.05, 3.63) is 82.4 Å². The maximum absolute atomic E-state index is 11.1. The third-order valence-electron chi connectivity index (χ3n) is 5.80. The minimum atomic E-state index is -4.27. The molecule has 1 aromatic heterocycles. The second-order valence-corrected chi connectivity index (χ2v) is 13.9. The minimum Gasteiger partial charge on any atom is -0.748 e. The summed E-state index contributed by atoms with van der Waals surface area (Å²) in [5.74, 6) is -0.811. The standard InChI is InChI=1S/C26H28N2O6S4.Na/c1-20(12-14-25-27(16-6-18-37(29,30)31)21-8-2-4-10-23(21)35-25)13-15-26-28(17-7-19-38(32,33)34)22-9-3-5-11-24(22)36-26;/h2-5,8-15H,6-7,16-19H2,1H3,(H-,29,30,31,32,33,34);/q;+1/p-1. The average Bonchev–Trinajstić information content (AvgIpc) is 3.38. The summed E-state index contributed by atoms with van der Waals surface area (Å²) < 4.78 is 69.5. The number of nitrogens with zero attached hydrogens (tertiary/aromatic N) is 2. The number of allylic oxidation sites excluding steroid dienone is 4. The first kappa shape index (κ1) is 32.0. The van der Waals surface area contributed by atoms with Crippen molar-refractivity contribution in [1.82, 2.24) is 0 Å². The molecule has 1 aliphatic rings. The van der Waals surface area contributed by atoms with Crippen LogP contribution in [-0.4, -0.2) is 44.0 Å². The molecule has 0 atom stereocenters. The van der Waals surface area contributed by atoms with E-state index in [-0.39, 0.29) is 42.4 Å². The summed E-state index contributed by atoms with van der Waals surface area (Å²) in [6, 6.07) is 15.7. The van der Waals surface area contributed by atoms with Crippen molar-refractivity contribution in [1.29, 1.82) is 0 Å². The van der Waals surface area contributed by atoms with Gasteiger partial charge in [0.1, 0.15) is 4.70 Å². The van der Waals surface area contributed by atoms with Crippen LogP contribution in [0.5, 0.6) is 0 Å². The predicted octanol–water partition coefficient (Wildman–Crippen LogP) is 1.48. The molecule has 0 N–H and O–H groups in total. The monoisotopic (exact) mass is 614 g/mol. The Balaban J connectivity index is 0.00000420. The molecule has 0 saturated heterocycles. The summed E-state index contributed by atoms with van der Waals surface area (Å²) >= 11 is 3.18. The molecule has 3 aromatic rings. The Labute approximate surface area is 259 Å². The Morgan fingerprint density at radius 3 is 2.38 bits per heavy atom. The van der Waals surface area contributed by atoms with E-state index in [0.29, 0.717) is 13.1 Å². The molecule has 8 nitrogen and oxygen atoms in total. The number of hydrogen-bond acceptors (Lipinski definition) is 9. The van der Waals surface area contributed by atoms with Crippen molar-refractivity contribution in [2.24, 2.45) is 0 Å². The van der Waals surface area contributed by atoms with Crippen molar-refractivity contribution in [2.45, 2.75) is 31.2 Å². The quantitative estimate of drug-likeness (QED) is 0.138. The Kier molecular flexibility index (Phi) is 11.4. The van der Waals surface area contributed by atoms with Crippen LogP contribution in [0.15, 0.2) is 82.3 Å². The predicted molar refractivity (Wildman–Crippen MR) is 151 cm³/mol. The fraction of sp³-hybridized carbons (Fsp3) is 0.269. The number of thiazole rings is 1. The van der Waals surface area contributed by atoms with Gasteiger partial charge in [0.05, 0.1) is 31.0 Å². The molecule has 202 valence electrons. The summed E-state index contributed by atoms with van der Waals surface area (Å²) in [6.07, 6.45) is 8.39. The first-order valence-electron chi connectivity index (χ1n) is 11.9. The van der Waals surface area contributed by atoms with E-state index in [0.717, 1.165) is 36.4 Å². The van der Waals surface area contributed by atoms with Crippen LogP contribution in [0.3, 0.4) is 0 Å². The minimum absolute atomic E-state index is 0. The van der Waals surface area contributed by atoms with Gasteiger partial charge in [-0.25, -0.2) is 16.8 Å². The molecule has 0 fully saturated rings. The van der Waals surface area contributed by atoms with Crippen molar-refractivity contribution in [3.8, 4) is 0 Å². The Morgan fingerprint density at radius 1 is 0.974 bits per heavy atom. The second kappa shape index (κ2) is 13.9. The van der Waals surface area contributed by atoms with Gasteiger partial charge in [0.15, 0.2) is 6.54 Å². The number of hydrogen-bond donors (Lipinski definition) is 0. The van der Waals surface area contributed by atoms with E-state index in [4.69, 9.17) is 0 Å². The van der Waals surface area contributed by atoms with Gasteiger partial charge in [0, 0.05) is 41.5 Å². The summed E-state index contributed by atoms with van der Waals surface area (Å²) in [5, 5.41) is 1.89. The maximum Gasteiger partial charge on any atom is 1.00 e.